The number of carboxylic acids is 1. The third kappa shape index (κ3) is 3.64. The number of fused-ring (bicyclic) bond motifs is 1. The Bertz CT molecular complexity index is 1130. The van der Waals surface area contributed by atoms with E-state index in [-0.39, 0.29) is 12.5 Å². The fourth-order valence-corrected chi connectivity index (χ4v) is 4.53. The van der Waals surface area contributed by atoms with Crippen molar-refractivity contribution in [1.82, 2.24) is 4.90 Å². The molecule has 0 saturated heterocycles. The van der Waals surface area contributed by atoms with Crippen LogP contribution in [0.15, 0.2) is 71.2 Å². The lowest BCUT2D eigenvalue weighted by Crippen LogP contribution is -2.44. The highest BCUT2D eigenvalue weighted by Gasteiger charge is 2.44. The van der Waals surface area contributed by atoms with Crippen LogP contribution < -0.4 is 0 Å². The van der Waals surface area contributed by atoms with Crippen molar-refractivity contribution >= 4 is 39.4 Å². The van der Waals surface area contributed by atoms with E-state index in [1.54, 1.807) is 35.2 Å². The fraction of sp³-hybridized carbons (Fsp3) is 0.167. The van der Waals surface area contributed by atoms with Gasteiger partial charge in [0.1, 0.15) is 5.92 Å². The molecule has 30 heavy (non-hydrogen) atoms. The van der Waals surface area contributed by atoms with Gasteiger partial charge in [0.2, 0.25) is 0 Å². The third-order valence-electron chi connectivity index (χ3n) is 5.64. The molecule has 3 aromatic rings. The summed E-state index contributed by atoms with van der Waals surface area (Å²) in [5.41, 5.74) is 3.52. The van der Waals surface area contributed by atoms with Gasteiger partial charge in [-0.15, -0.1) is 0 Å². The van der Waals surface area contributed by atoms with Crippen molar-refractivity contribution < 1.29 is 14.7 Å². The molecule has 0 aromatic heterocycles. The Labute approximate surface area is 188 Å². The van der Waals surface area contributed by atoms with Gasteiger partial charge in [-0.25, -0.2) is 0 Å². The number of aliphatic carboxylic acids is 1. The van der Waals surface area contributed by atoms with Crippen molar-refractivity contribution in [2.45, 2.75) is 25.4 Å². The molecule has 0 bridgehead atoms. The number of carbonyl (C=O) groups is 2. The molecule has 1 aliphatic rings. The molecule has 1 heterocycles. The van der Waals surface area contributed by atoms with E-state index in [9.17, 15) is 14.7 Å². The Balaban J connectivity index is 1.90. The fourth-order valence-electron chi connectivity index (χ4n) is 4.07. The summed E-state index contributed by atoms with van der Waals surface area (Å²) in [7, 11) is 0. The quantitative estimate of drug-likeness (QED) is 0.496. The molecule has 1 N–H and O–H groups in total. The topological polar surface area (TPSA) is 57.6 Å². The molecule has 1 aliphatic heterocycles. The first-order valence-corrected chi connectivity index (χ1v) is 10.7. The monoisotopic (exact) mass is 483 g/mol. The number of carbonyl (C=O) groups excluding carboxylic acids is 1. The van der Waals surface area contributed by atoms with Crippen LogP contribution in [0.3, 0.4) is 0 Å². The van der Waals surface area contributed by atoms with Crippen LogP contribution >= 0.6 is 27.5 Å². The maximum absolute atomic E-state index is 13.5. The summed E-state index contributed by atoms with van der Waals surface area (Å²) >= 11 is 9.72. The maximum atomic E-state index is 13.5. The second kappa shape index (κ2) is 8.25. The van der Waals surface area contributed by atoms with E-state index in [0.29, 0.717) is 16.1 Å². The Morgan fingerprint density at radius 3 is 2.47 bits per heavy atom. The van der Waals surface area contributed by atoms with Crippen LogP contribution in [-0.2, 0) is 11.3 Å². The lowest BCUT2D eigenvalue weighted by molar-refractivity contribution is -0.140. The normalized spacial score (nSPS) is 18.2. The van der Waals surface area contributed by atoms with Gasteiger partial charge in [-0.05, 0) is 53.4 Å². The van der Waals surface area contributed by atoms with Gasteiger partial charge in [-0.2, -0.15) is 0 Å². The van der Waals surface area contributed by atoms with Gasteiger partial charge in [0, 0.05) is 21.6 Å². The number of nitrogens with zero attached hydrogens (tertiary/aromatic N) is 1. The summed E-state index contributed by atoms with van der Waals surface area (Å²) in [6.07, 6.45) is 0. The molecule has 4 rings (SSSR count). The van der Waals surface area contributed by atoms with Crippen LogP contribution in [0.4, 0.5) is 0 Å². The SMILES string of the molecule is Cc1c(Cl)cccc1CN1C(=O)c2ccccc2C(C(=O)O)C1c1ccc(Br)cc1. The number of benzene rings is 3. The molecule has 0 fully saturated rings. The lowest BCUT2D eigenvalue weighted by atomic mass is 9.79. The lowest BCUT2D eigenvalue weighted by Gasteiger charge is -2.41. The van der Waals surface area contributed by atoms with Crippen molar-refractivity contribution in [1.29, 1.82) is 0 Å². The zero-order valence-electron chi connectivity index (χ0n) is 16.2. The largest absolute Gasteiger partial charge is 0.481 e. The highest BCUT2D eigenvalue weighted by Crippen LogP contribution is 2.44. The minimum Gasteiger partial charge on any atom is -0.481 e. The molecule has 0 radical (unpaired) electrons. The van der Waals surface area contributed by atoms with Gasteiger partial charge in [-0.3, -0.25) is 9.59 Å². The van der Waals surface area contributed by atoms with Gasteiger partial charge < -0.3 is 10.0 Å². The average molecular weight is 485 g/mol. The molecule has 0 aliphatic carbocycles. The molecule has 4 nitrogen and oxygen atoms in total. The number of hydrogen-bond donors (Lipinski definition) is 1. The first-order chi connectivity index (χ1) is 14.4. The first-order valence-electron chi connectivity index (χ1n) is 9.50. The van der Waals surface area contributed by atoms with Crippen molar-refractivity contribution in [3.63, 3.8) is 0 Å². The van der Waals surface area contributed by atoms with E-state index in [0.717, 1.165) is 21.2 Å². The Morgan fingerprint density at radius 1 is 1.07 bits per heavy atom. The highest BCUT2D eigenvalue weighted by molar-refractivity contribution is 9.10. The number of halogens is 2. The van der Waals surface area contributed by atoms with E-state index in [4.69, 9.17) is 11.6 Å². The van der Waals surface area contributed by atoms with E-state index in [2.05, 4.69) is 15.9 Å². The predicted molar refractivity (Wildman–Crippen MR) is 120 cm³/mol. The molecular weight excluding hydrogens is 466 g/mol. The molecule has 1 amide bonds. The van der Waals surface area contributed by atoms with Gasteiger partial charge in [0.25, 0.3) is 5.91 Å². The van der Waals surface area contributed by atoms with Gasteiger partial charge in [-0.1, -0.05) is 70.0 Å². The van der Waals surface area contributed by atoms with Crippen LogP contribution in [0.1, 0.15) is 44.6 Å². The molecule has 0 spiro atoms. The van der Waals surface area contributed by atoms with E-state index < -0.39 is 17.9 Å². The van der Waals surface area contributed by atoms with E-state index in [1.807, 2.05) is 43.3 Å². The van der Waals surface area contributed by atoms with Crippen molar-refractivity contribution in [3.8, 4) is 0 Å². The summed E-state index contributed by atoms with van der Waals surface area (Å²) in [5.74, 6) is -2.02. The minimum atomic E-state index is -0.962. The molecule has 152 valence electrons. The van der Waals surface area contributed by atoms with E-state index in [1.165, 1.54) is 0 Å². The van der Waals surface area contributed by atoms with Crippen molar-refractivity contribution in [3.05, 3.63) is 104 Å². The first kappa shape index (κ1) is 20.6. The zero-order chi connectivity index (χ0) is 21.4. The summed E-state index contributed by atoms with van der Waals surface area (Å²) < 4.78 is 0.887. The second-order valence-corrected chi connectivity index (χ2v) is 8.68. The van der Waals surface area contributed by atoms with Gasteiger partial charge >= 0.3 is 5.97 Å². The zero-order valence-corrected chi connectivity index (χ0v) is 18.5. The van der Waals surface area contributed by atoms with Crippen molar-refractivity contribution in [2.24, 2.45) is 0 Å². The van der Waals surface area contributed by atoms with Crippen LogP contribution in [0.25, 0.3) is 0 Å². The molecule has 0 saturated carbocycles. The van der Waals surface area contributed by atoms with Crippen molar-refractivity contribution in [2.75, 3.05) is 0 Å². The van der Waals surface area contributed by atoms with Gasteiger partial charge in [0.15, 0.2) is 0 Å². The summed E-state index contributed by atoms with van der Waals surface area (Å²) in [6, 6.07) is 19.4. The molecular formula is C24H19BrClNO3. The Hall–Kier alpha value is -2.63. The minimum absolute atomic E-state index is 0.185. The second-order valence-electron chi connectivity index (χ2n) is 7.36. The Kier molecular flexibility index (Phi) is 5.67. The summed E-state index contributed by atoms with van der Waals surface area (Å²) in [5, 5.41) is 10.8. The number of rotatable bonds is 4. The average Bonchev–Trinajstić information content (AvgIpc) is 2.73. The standard InChI is InChI=1S/C24H19BrClNO3/c1-14-16(5-4-8-20(14)26)13-27-22(15-9-11-17(25)12-10-15)21(24(29)30)18-6-2-3-7-19(18)23(27)28/h2-12,21-22H,13H2,1H3,(H,29,30). The highest BCUT2D eigenvalue weighted by atomic mass is 79.9. The van der Waals surface area contributed by atoms with Crippen LogP contribution in [-0.4, -0.2) is 21.9 Å². The predicted octanol–water partition coefficient (Wildman–Crippen LogP) is 5.98. The third-order valence-corrected chi connectivity index (χ3v) is 6.57. The smallest absolute Gasteiger partial charge is 0.313 e. The summed E-state index contributed by atoms with van der Waals surface area (Å²) in [6.45, 7) is 2.17. The van der Waals surface area contributed by atoms with Crippen LogP contribution in [0, 0.1) is 6.92 Å². The van der Waals surface area contributed by atoms with Crippen LogP contribution in [0.5, 0.6) is 0 Å². The Morgan fingerprint density at radius 2 is 1.77 bits per heavy atom. The maximum Gasteiger partial charge on any atom is 0.313 e. The molecule has 6 heteroatoms. The number of amides is 1. The van der Waals surface area contributed by atoms with E-state index >= 15 is 0 Å². The van der Waals surface area contributed by atoms with Gasteiger partial charge in [0.05, 0.1) is 6.04 Å². The number of carboxylic acid groups (broad SMARTS) is 1. The van der Waals surface area contributed by atoms with Crippen LogP contribution in [0.2, 0.25) is 5.02 Å². The molecule has 2 atom stereocenters. The summed E-state index contributed by atoms with van der Waals surface area (Å²) in [4.78, 5) is 27.6. The molecule has 3 aromatic carbocycles. The number of hydrogen-bond acceptors (Lipinski definition) is 2. The molecule has 2 unspecified atom stereocenters.